The van der Waals surface area contributed by atoms with Crippen LogP contribution in [0.5, 0.6) is 0 Å². The number of carbonyl (C=O) groups is 1. The highest BCUT2D eigenvalue weighted by molar-refractivity contribution is 5.82. The lowest BCUT2D eigenvalue weighted by molar-refractivity contribution is -0.140. The first-order chi connectivity index (χ1) is 10.0. The molecule has 0 spiro atoms. The van der Waals surface area contributed by atoms with Gasteiger partial charge in [-0.1, -0.05) is 6.92 Å². The molecule has 4 nitrogen and oxygen atoms in total. The van der Waals surface area contributed by atoms with Crippen molar-refractivity contribution in [3.63, 3.8) is 0 Å². The van der Waals surface area contributed by atoms with Crippen molar-refractivity contribution in [2.45, 2.75) is 89.9 Å². The van der Waals surface area contributed by atoms with E-state index < -0.39 is 0 Å². The van der Waals surface area contributed by atoms with Crippen LogP contribution in [0.2, 0.25) is 0 Å². The van der Waals surface area contributed by atoms with Crippen molar-refractivity contribution in [2.75, 3.05) is 13.1 Å². The summed E-state index contributed by atoms with van der Waals surface area (Å²) in [6.07, 6.45) is 7.38. The van der Waals surface area contributed by atoms with Crippen LogP contribution in [0, 0.1) is 0 Å². The number of nitrogens with zero attached hydrogens (tertiary/aromatic N) is 2. The highest BCUT2D eigenvalue weighted by atomic mass is 16.3. The molecule has 0 aromatic rings. The van der Waals surface area contributed by atoms with Gasteiger partial charge in [-0.3, -0.25) is 9.69 Å². The fraction of sp³-hybridized carbons (Fsp3) is 0.941. The summed E-state index contributed by atoms with van der Waals surface area (Å²) in [6, 6.07) is 0.767. The molecule has 4 unspecified atom stereocenters. The summed E-state index contributed by atoms with van der Waals surface area (Å²) in [6.45, 7) is 8.02. The average Bonchev–Trinajstić information content (AvgIpc) is 2.92. The maximum atomic E-state index is 12.9. The number of rotatable bonds is 5. The van der Waals surface area contributed by atoms with E-state index in [4.69, 9.17) is 0 Å². The Morgan fingerprint density at radius 3 is 2.52 bits per heavy atom. The van der Waals surface area contributed by atoms with Gasteiger partial charge in [0.1, 0.15) is 0 Å². The topological polar surface area (TPSA) is 43.8 Å². The molecule has 2 heterocycles. The SMILES string of the molecule is CCC1CCCCN1C(=O)C(C)N1CCCC1CC(C)O. The number of hydrogen-bond donors (Lipinski definition) is 1. The Balaban J connectivity index is 2.00. The number of aliphatic hydroxyl groups is 1. The second-order valence-corrected chi connectivity index (χ2v) is 6.88. The minimum atomic E-state index is -0.281. The van der Waals surface area contributed by atoms with Crippen LogP contribution < -0.4 is 0 Å². The molecule has 21 heavy (non-hydrogen) atoms. The second kappa shape index (κ2) is 7.59. The van der Waals surface area contributed by atoms with E-state index in [9.17, 15) is 9.90 Å². The zero-order valence-electron chi connectivity index (χ0n) is 13.9. The molecule has 0 aromatic heterocycles. The second-order valence-electron chi connectivity index (χ2n) is 6.88. The monoisotopic (exact) mass is 296 g/mol. The van der Waals surface area contributed by atoms with Crippen LogP contribution in [-0.4, -0.2) is 58.1 Å². The third kappa shape index (κ3) is 3.98. The molecular weight excluding hydrogens is 264 g/mol. The van der Waals surface area contributed by atoms with Crippen molar-refractivity contribution in [3.05, 3.63) is 0 Å². The van der Waals surface area contributed by atoms with Crippen molar-refractivity contribution < 1.29 is 9.90 Å². The summed E-state index contributed by atoms with van der Waals surface area (Å²) >= 11 is 0. The van der Waals surface area contributed by atoms with Crippen LogP contribution in [0.4, 0.5) is 0 Å². The van der Waals surface area contributed by atoms with Gasteiger partial charge in [0, 0.05) is 18.6 Å². The Kier molecular flexibility index (Phi) is 6.06. The molecule has 122 valence electrons. The molecule has 1 N–H and O–H groups in total. The van der Waals surface area contributed by atoms with E-state index in [1.54, 1.807) is 0 Å². The molecule has 0 aliphatic carbocycles. The number of amides is 1. The number of carbonyl (C=O) groups excluding carboxylic acids is 1. The molecule has 2 aliphatic rings. The minimum Gasteiger partial charge on any atom is -0.393 e. The fourth-order valence-electron chi connectivity index (χ4n) is 4.11. The van der Waals surface area contributed by atoms with E-state index in [0.717, 1.165) is 51.6 Å². The molecule has 2 fully saturated rings. The molecule has 0 bridgehead atoms. The molecule has 1 amide bonds. The van der Waals surface area contributed by atoms with Gasteiger partial charge in [0.25, 0.3) is 0 Å². The summed E-state index contributed by atoms with van der Waals surface area (Å²) in [4.78, 5) is 17.4. The van der Waals surface area contributed by atoms with Crippen LogP contribution in [0.1, 0.15) is 65.7 Å². The van der Waals surface area contributed by atoms with Crippen LogP contribution in [0.3, 0.4) is 0 Å². The van der Waals surface area contributed by atoms with Gasteiger partial charge >= 0.3 is 0 Å². The third-order valence-electron chi connectivity index (χ3n) is 5.27. The molecule has 0 saturated carbocycles. The maximum Gasteiger partial charge on any atom is 0.239 e. The smallest absolute Gasteiger partial charge is 0.239 e. The highest BCUT2D eigenvalue weighted by Crippen LogP contribution is 2.27. The number of aliphatic hydroxyl groups excluding tert-OH is 1. The molecule has 2 saturated heterocycles. The number of likely N-dealkylation sites (tertiary alicyclic amines) is 2. The largest absolute Gasteiger partial charge is 0.393 e. The van der Waals surface area contributed by atoms with Gasteiger partial charge in [-0.05, 0) is 65.3 Å². The number of hydrogen-bond acceptors (Lipinski definition) is 3. The average molecular weight is 296 g/mol. The van der Waals surface area contributed by atoms with Crippen molar-refractivity contribution in [3.8, 4) is 0 Å². The Labute approximate surface area is 129 Å². The van der Waals surface area contributed by atoms with Gasteiger partial charge < -0.3 is 10.0 Å². The van der Waals surface area contributed by atoms with Gasteiger partial charge in [0.05, 0.1) is 12.1 Å². The fourth-order valence-corrected chi connectivity index (χ4v) is 4.11. The van der Waals surface area contributed by atoms with Crippen LogP contribution in [0.25, 0.3) is 0 Å². The predicted molar refractivity (Wildman–Crippen MR) is 85.1 cm³/mol. The van der Waals surface area contributed by atoms with E-state index in [-0.39, 0.29) is 12.1 Å². The molecule has 0 aromatic carbocycles. The molecule has 2 aliphatic heterocycles. The summed E-state index contributed by atoms with van der Waals surface area (Å²) in [5.74, 6) is 0.305. The quantitative estimate of drug-likeness (QED) is 0.847. The van der Waals surface area contributed by atoms with Crippen molar-refractivity contribution in [1.82, 2.24) is 9.80 Å². The van der Waals surface area contributed by atoms with Gasteiger partial charge in [0.2, 0.25) is 5.91 Å². The summed E-state index contributed by atoms with van der Waals surface area (Å²) in [5.41, 5.74) is 0. The molecule has 2 rings (SSSR count). The zero-order valence-corrected chi connectivity index (χ0v) is 13.9. The Morgan fingerprint density at radius 1 is 1.14 bits per heavy atom. The molecule has 4 atom stereocenters. The number of piperidine rings is 1. The first-order valence-corrected chi connectivity index (χ1v) is 8.78. The standard InChI is InChI=1S/C17H32N2O2/c1-4-15-8-5-6-10-19(15)17(21)14(3)18-11-7-9-16(18)12-13(2)20/h13-16,20H,4-12H2,1-3H3. The molecule has 4 heteroatoms. The Hall–Kier alpha value is -0.610. The lowest BCUT2D eigenvalue weighted by atomic mass is 9.98. The minimum absolute atomic E-state index is 0.0385. The van der Waals surface area contributed by atoms with Gasteiger partial charge in [-0.25, -0.2) is 0 Å². The van der Waals surface area contributed by atoms with E-state index in [1.807, 2.05) is 6.92 Å². The Morgan fingerprint density at radius 2 is 1.86 bits per heavy atom. The van der Waals surface area contributed by atoms with Gasteiger partial charge in [0.15, 0.2) is 0 Å². The van der Waals surface area contributed by atoms with E-state index in [2.05, 4.69) is 23.6 Å². The maximum absolute atomic E-state index is 12.9. The zero-order chi connectivity index (χ0) is 15.4. The third-order valence-corrected chi connectivity index (χ3v) is 5.27. The van der Waals surface area contributed by atoms with Crippen LogP contribution >= 0.6 is 0 Å². The van der Waals surface area contributed by atoms with Gasteiger partial charge in [-0.15, -0.1) is 0 Å². The lowest BCUT2D eigenvalue weighted by Gasteiger charge is -2.40. The van der Waals surface area contributed by atoms with E-state index in [0.29, 0.717) is 18.0 Å². The van der Waals surface area contributed by atoms with E-state index in [1.165, 1.54) is 6.42 Å². The normalized spacial score (nSPS) is 30.4. The van der Waals surface area contributed by atoms with Crippen molar-refractivity contribution in [1.29, 1.82) is 0 Å². The van der Waals surface area contributed by atoms with Gasteiger partial charge in [-0.2, -0.15) is 0 Å². The van der Waals surface area contributed by atoms with Crippen LogP contribution in [-0.2, 0) is 4.79 Å². The first-order valence-electron chi connectivity index (χ1n) is 8.78. The van der Waals surface area contributed by atoms with E-state index >= 15 is 0 Å². The van der Waals surface area contributed by atoms with Crippen molar-refractivity contribution >= 4 is 5.91 Å². The summed E-state index contributed by atoms with van der Waals surface area (Å²) in [5, 5.41) is 9.66. The predicted octanol–water partition coefficient (Wildman–Crippen LogP) is 2.40. The molecular formula is C17H32N2O2. The summed E-state index contributed by atoms with van der Waals surface area (Å²) in [7, 11) is 0. The highest BCUT2D eigenvalue weighted by Gasteiger charge is 2.36. The summed E-state index contributed by atoms with van der Waals surface area (Å²) < 4.78 is 0. The van der Waals surface area contributed by atoms with Crippen LogP contribution in [0.15, 0.2) is 0 Å². The van der Waals surface area contributed by atoms with Crippen molar-refractivity contribution in [2.24, 2.45) is 0 Å². The Bertz CT molecular complexity index is 346. The lowest BCUT2D eigenvalue weighted by Crippen LogP contribution is -2.53. The first kappa shape index (κ1) is 16.8. The molecule has 0 radical (unpaired) electrons.